The van der Waals surface area contributed by atoms with Crippen LogP contribution in [0.4, 0.5) is 0 Å². The van der Waals surface area contributed by atoms with Crippen molar-refractivity contribution >= 4 is 6.21 Å². The Morgan fingerprint density at radius 1 is 1.08 bits per heavy atom. The van der Waals surface area contributed by atoms with Gasteiger partial charge >= 0.3 is 0 Å². The molecule has 1 heteroatoms. The molecule has 1 N–H and O–H groups in total. The van der Waals surface area contributed by atoms with Crippen molar-refractivity contribution in [2.45, 2.75) is 27.7 Å². The highest BCUT2D eigenvalue weighted by Gasteiger charge is 1.95. The monoisotopic (exact) mass is 163 g/mol. The zero-order valence-electron chi connectivity index (χ0n) is 8.31. The molecular weight excluding hydrogens is 146 g/mol. The molecule has 0 aliphatic heterocycles. The Kier molecular flexibility index (Phi) is 5.02. The maximum atomic E-state index is 7.10. The van der Waals surface area contributed by atoms with E-state index < -0.39 is 0 Å². The number of nitrogens with one attached hydrogen (secondary N) is 1. The molecule has 0 aliphatic rings. The summed E-state index contributed by atoms with van der Waals surface area (Å²) in [6.45, 7) is 8.04. The van der Waals surface area contributed by atoms with Gasteiger partial charge in [-0.25, -0.2) is 0 Å². The second-order valence-corrected chi connectivity index (χ2v) is 2.45. The topological polar surface area (TPSA) is 23.9 Å². The SMILES string of the molecule is CC.Cc1cccc(C)c1C=N. The largest absolute Gasteiger partial charge is 0.308 e. The van der Waals surface area contributed by atoms with Gasteiger partial charge in [-0.2, -0.15) is 0 Å². The maximum absolute atomic E-state index is 7.10. The molecule has 1 aromatic carbocycles. The van der Waals surface area contributed by atoms with Crippen molar-refractivity contribution in [2.75, 3.05) is 0 Å². The van der Waals surface area contributed by atoms with E-state index >= 15 is 0 Å². The summed E-state index contributed by atoms with van der Waals surface area (Å²) >= 11 is 0. The van der Waals surface area contributed by atoms with E-state index in [1.165, 1.54) is 17.3 Å². The van der Waals surface area contributed by atoms with Crippen molar-refractivity contribution in [1.82, 2.24) is 0 Å². The molecule has 0 saturated heterocycles. The fraction of sp³-hybridized carbons (Fsp3) is 0.364. The Morgan fingerprint density at radius 2 is 1.50 bits per heavy atom. The Morgan fingerprint density at radius 3 is 1.75 bits per heavy atom. The molecule has 0 aromatic heterocycles. The van der Waals surface area contributed by atoms with E-state index in [0.29, 0.717) is 0 Å². The van der Waals surface area contributed by atoms with E-state index in [4.69, 9.17) is 5.41 Å². The fourth-order valence-electron chi connectivity index (χ4n) is 1.06. The first kappa shape index (κ1) is 10.9. The molecule has 66 valence electrons. The van der Waals surface area contributed by atoms with Gasteiger partial charge in [0.15, 0.2) is 0 Å². The number of benzene rings is 1. The van der Waals surface area contributed by atoms with Crippen LogP contribution in [0.1, 0.15) is 30.5 Å². The van der Waals surface area contributed by atoms with Crippen molar-refractivity contribution in [3.63, 3.8) is 0 Å². The van der Waals surface area contributed by atoms with Crippen LogP contribution < -0.4 is 0 Å². The van der Waals surface area contributed by atoms with Crippen LogP contribution in [0.3, 0.4) is 0 Å². The zero-order chi connectivity index (χ0) is 9.56. The van der Waals surface area contributed by atoms with E-state index in [9.17, 15) is 0 Å². The lowest BCUT2D eigenvalue weighted by molar-refractivity contribution is 1.35. The molecule has 0 radical (unpaired) electrons. The Hall–Kier alpha value is -1.11. The molecule has 12 heavy (non-hydrogen) atoms. The Labute approximate surface area is 74.9 Å². The highest BCUT2D eigenvalue weighted by molar-refractivity contribution is 5.81. The normalized spacial score (nSPS) is 8.33. The predicted molar refractivity (Wildman–Crippen MR) is 55.1 cm³/mol. The van der Waals surface area contributed by atoms with Gasteiger partial charge in [-0.1, -0.05) is 32.0 Å². The van der Waals surface area contributed by atoms with Gasteiger partial charge in [0.2, 0.25) is 0 Å². The number of hydrogen-bond donors (Lipinski definition) is 1. The summed E-state index contributed by atoms with van der Waals surface area (Å²) in [5.74, 6) is 0. The van der Waals surface area contributed by atoms with Crippen molar-refractivity contribution < 1.29 is 0 Å². The summed E-state index contributed by atoms with van der Waals surface area (Å²) < 4.78 is 0. The van der Waals surface area contributed by atoms with Crippen LogP contribution in [0, 0.1) is 19.3 Å². The van der Waals surface area contributed by atoms with E-state index in [2.05, 4.69) is 0 Å². The van der Waals surface area contributed by atoms with Crippen LogP contribution in [0.5, 0.6) is 0 Å². The van der Waals surface area contributed by atoms with E-state index in [1.54, 1.807) is 0 Å². The van der Waals surface area contributed by atoms with Gasteiger partial charge in [0.25, 0.3) is 0 Å². The smallest absolute Gasteiger partial charge is 0.0255 e. The third-order valence-electron chi connectivity index (χ3n) is 1.69. The van der Waals surface area contributed by atoms with Gasteiger partial charge in [-0.3, -0.25) is 0 Å². The molecule has 0 amide bonds. The third-order valence-corrected chi connectivity index (χ3v) is 1.69. The van der Waals surface area contributed by atoms with Crippen molar-refractivity contribution in [3.05, 3.63) is 34.9 Å². The fourth-order valence-corrected chi connectivity index (χ4v) is 1.06. The summed E-state index contributed by atoms with van der Waals surface area (Å²) in [5.41, 5.74) is 3.40. The molecule has 0 heterocycles. The van der Waals surface area contributed by atoms with Gasteiger partial charge in [0.1, 0.15) is 0 Å². The van der Waals surface area contributed by atoms with Gasteiger partial charge < -0.3 is 5.41 Å². The summed E-state index contributed by atoms with van der Waals surface area (Å²) in [7, 11) is 0. The average Bonchev–Trinajstić information content (AvgIpc) is 2.08. The van der Waals surface area contributed by atoms with Crippen molar-refractivity contribution in [2.24, 2.45) is 0 Å². The van der Waals surface area contributed by atoms with Gasteiger partial charge in [-0.05, 0) is 30.5 Å². The van der Waals surface area contributed by atoms with Gasteiger partial charge in [-0.15, -0.1) is 0 Å². The molecule has 0 unspecified atom stereocenters. The molecule has 1 nitrogen and oxygen atoms in total. The minimum Gasteiger partial charge on any atom is -0.308 e. The molecule has 0 saturated carbocycles. The van der Waals surface area contributed by atoms with Crippen LogP contribution in [0.2, 0.25) is 0 Å². The second kappa shape index (κ2) is 5.53. The summed E-state index contributed by atoms with van der Waals surface area (Å²) in [6, 6.07) is 6.05. The maximum Gasteiger partial charge on any atom is 0.0255 e. The van der Waals surface area contributed by atoms with E-state index in [0.717, 1.165) is 5.56 Å². The zero-order valence-corrected chi connectivity index (χ0v) is 8.31. The van der Waals surface area contributed by atoms with Crippen LogP contribution in [-0.2, 0) is 0 Å². The van der Waals surface area contributed by atoms with Crippen LogP contribution in [-0.4, -0.2) is 6.21 Å². The number of hydrogen-bond acceptors (Lipinski definition) is 1. The Bertz CT molecular complexity index is 231. The molecule has 1 rings (SSSR count). The molecule has 0 fully saturated rings. The van der Waals surface area contributed by atoms with E-state index in [-0.39, 0.29) is 0 Å². The van der Waals surface area contributed by atoms with E-state index in [1.807, 2.05) is 45.9 Å². The first-order chi connectivity index (χ1) is 5.75. The summed E-state index contributed by atoms with van der Waals surface area (Å²) in [5, 5.41) is 7.10. The lowest BCUT2D eigenvalue weighted by Crippen LogP contribution is -1.89. The molecule has 0 bridgehead atoms. The summed E-state index contributed by atoms with van der Waals surface area (Å²) in [4.78, 5) is 0. The van der Waals surface area contributed by atoms with Crippen LogP contribution in [0.15, 0.2) is 18.2 Å². The van der Waals surface area contributed by atoms with Crippen molar-refractivity contribution in [3.8, 4) is 0 Å². The minimum absolute atomic E-state index is 1.04. The van der Waals surface area contributed by atoms with Gasteiger partial charge in [0.05, 0.1) is 0 Å². The third kappa shape index (κ3) is 2.50. The standard InChI is InChI=1S/C9H11N.C2H6/c1-7-4-3-5-8(2)9(7)6-10;1-2/h3-6,10H,1-2H3;1-2H3. The lowest BCUT2D eigenvalue weighted by atomic mass is 10.0. The molecule has 0 aliphatic carbocycles. The minimum atomic E-state index is 1.04. The number of rotatable bonds is 1. The van der Waals surface area contributed by atoms with Crippen LogP contribution >= 0.6 is 0 Å². The number of aryl methyl sites for hydroxylation is 2. The highest BCUT2D eigenvalue weighted by Crippen LogP contribution is 2.09. The summed E-state index contributed by atoms with van der Waals surface area (Å²) in [6.07, 6.45) is 1.41. The second-order valence-electron chi connectivity index (χ2n) is 2.45. The highest BCUT2D eigenvalue weighted by atomic mass is 14.3. The molecule has 1 aromatic rings. The lowest BCUT2D eigenvalue weighted by Gasteiger charge is -2.01. The Balaban J connectivity index is 0.000000561. The quantitative estimate of drug-likeness (QED) is 0.614. The first-order valence-electron chi connectivity index (χ1n) is 4.32. The first-order valence-corrected chi connectivity index (χ1v) is 4.32. The molecule has 0 atom stereocenters. The average molecular weight is 163 g/mol. The van der Waals surface area contributed by atoms with Crippen molar-refractivity contribution in [1.29, 1.82) is 5.41 Å². The molecular formula is C11H17N. The predicted octanol–water partition coefficient (Wildman–Crippen LogP) is 3.33. The molecule has 0 spiro atoms. The van der Waals surface area contributed by atoms with Gasteiger partial charge in [0, 0.05) is 6.21 Å². The van der Waals surface area contributed by atoms with Crippen LogP contribution in [0.25, 0.3) is 0 Å².